The fraction of sp³-hybridized carbons (Fsp3) is 0.769. The number of fused-ring (bicyclic) bond motifs is 5. The summed E-state index contributed by atoms with van der Waals surface area (Å²) < 4.78 is 52.2. The van der Waals surface area contributed by atoms with E-state index < -0.39 is 87.9 Å². The molecule has 382 valence electrons. The molecule has 1 aliphatic carbocycles. The summed E-state index contributed by atoms with van der Waals surface area (Å²) in [6.45, 7) is 11.6. The zero-order chi connectivity index (χ0) is 49.7. The maximum Gasteiger partial charge on any atom is 0.329 e. The minimum absolute atomic E-state index is 0.00280. The summed E-state index contributed by atoms with van der Waals surface area (Å²) in [5.41, 5.74) is 1.33. The van der Waals surface area contributed by atoms with Gasteiger partial charge in [-0.25, -0.2) is 13.2 Å². The maximum atomic E-state index is 14.5. The van der Waals surface area contributed by atoms with Gasteiger partial charge in [0.2, 0.25) is 15.8 Å². The van der Waals surface area contributed by atoms with Crippen LogP contribution in [-0.2, 0) is 48.1 Å². The fourth-order valence-electron chi connectivity index (χ4n) is 12.1. The van der Waals surface area contributed by atoms with E-state index in [4.69, 9.17) is 18.9 Å². The van der Waals surface area contributed by atoms with Crippen molar-refractivity contribution in [2.24, 2.45) is 41.4 Å². The number of hydrogen-bond acceptors (Lipinski definition) is 13. The number of ketones is 2. The molecular formula is C52H80N2O13S. The smallest absolute Gasteiger partial charge is 0.329 e. The van der Waals surface area contributed by atoms with Crippen molar-refractivity contribution in [3.05, 3.63) is 47.6 Å². The van der Waals surface area contributed by atoms with Gasteiger partial charge in [-0.1, -0.05) is 69.7 Å². The van der Waals surface area contributed by atoms with Gasteiger partial charge in [-0.2, -0.15) is 4.31 Å². The molecule has 0 radical (unpaired) electrons. The van der Waals surface area contributed by atoms with Crippen LogP contribution in [0.5, 0.6) is 0 Å². The van der Waals surface area contributed by atoms with Crippen LogP contribution in [0.1, 0.15) is 125 Å². The number of Topliss-reactive ketones (excluding diaryl/α,β-unsaturated/α-hetero) is 2. The van der Waals surface area contributed by atoms with Gasteiger partial charge in [0.15, 0.2) is 5.78 Å². The Morgan fingerprint density at radius 3 is 2.25 bits per heavy atom. The number of ether oxygens (including phenoxy) is 4. The molecule has 6 rings (SSSR count). The molecule has 3 N–H and O–H groups in total. The van der Waals surface area contributed by atoms with E-state index in [9.17, 15) is 42.9 Å². The van der Waals surface area contributed by atoms with Crippen LogP contribution in [0.2, 0.25) is 0 Å². The van der Waals surface area contributed by atoms with Gasteiger partial charge >= 0.3 is 5.97 Å². The molecule has 4 saturated heterocycles. The van der Waals surface area contributed by atoms with Crippen molar-refractivity contribution in [1.29, 1.82) is 0 Å². The number of hydrogen-bond donors (Lipinski definition) is 3. The topological polar surface area (TPSA) is 207 Å². The molecular weight excluding hydrogens is 893 g/mol. The fourth-order valence-corrected chi connectivity index (χ4v) is 13.9. The summed E-state index contributed by atoms with van der Waals surface area (Å²) in [4.78, 5) is 58.3. The van der Waals surface area contributed by atoms with Gasteiger partial charge in [-0.05, 0) is 132 Å². The first-order valence-electron chi connectivity index (χ1n) is 25.3. The standard InChI is InChI=1S/C52H80N2O13S/c1-31-13-10-9-11-14-33(3)41(54-22-12-24-68(54,62)63)30-39-18-16-36(6)52(61,67-39)49(58)50(59)53-23-21-38-29-42(53)51(60)66-44(40(38)27-37-17-19-43(55)45(28-37)64-7)20-15-32(2)26-35(5)47(57)48(65-8)46(56)34(4)25-31/h9-11,13-14,26,31-32,34,36-45,47-48,55,57,61H,12,15-25,27-30H2,1-8H3/b11-9+,13-10+,33-14+,35-26+/t31-,32+,34-,36-,37+,38+,39+,40?,41-,42+,43-,44+,45-,47-,48+,52-/m1/s1. The lowest BCUT2D eigenvalue weighted by Crippen LogP contribution is -2.61. The monoisotopic (exact) mass is 973 g/mol. The number of aliphatic hydroxyl groups is 3. The number of carbonyl (C=O) groups excluding carboxylic acids is 4. The predicted octanol–water partition coefficient (Wildman–Crippen LogP) is 5.61. The predicted molar refractivity (Wildman–Crippen MR) is 256 cm³/mol. The molecule has 0 aromatic carbocycles. The summed E-state index contributed by atoms with van der Waals surface area (Å²) in [6, 6.07) is -1.70. The lowest BCUT2D eigenvalue weighted by molar-refractivity contribution is -0.264. The number of rotatable bonds is 5. The van der Waals surface area contributed by atoms with Crippen molar-refractivity contribution in [1.82, 2.24) is 9.21 Å². The Morgan fingerprint density at radius 1 is 0.809 bits per heavy atom. The van der Waals surface area contributed by atoms with E-state index in [0.29, 0.717) is 69.9 Å². The second-order valence-electron chi connectivity index (χ2n) is 21.2. The van der Waals surface area contributed by atoms with Crippen molar-refractivity contribution >= 4 is 33.5 Å². The van der Waals surface area contributed by atoms with Gasteiger partial charge in [0.25, 0.3) is 11.7 Å². The van der Waals surface area contributed by atoms with Crippen LogP contribution in [0, 0.1) is 41.4 Å². The molecule has 5 heterocycles. The Balaban J connectivity index is 1.33. The molecule has 0 aromatic rings. The number of aliphatic hydroxyl groups excluding tert-OH is 2. The average molecular weight is 973 g/mol. The zero-order valence-corrected chi connectivity index (χ0v) is 42.5. The number of nitrogens with zero attached hydrogens (tertiary/aromatic N) is 2. The van der Waals surface area contributed by atoms with Crippen molar-refractivity contribution in [2.75, 3.05) is 33.1 Å². The van der Waals surface area contributed by atoms with E-state index in [2.05, 4.69) is 0 Å². The molecule has 0 aromatic heterocycles. The van der Waals surface area contributed by atoms with Gasteiger partial charge in [0, 0.05) is 45.2 Å². The van der Waals surface area contributed by atoms with E-state index in [1.807, 2.05) is 64.2 Å². The number of methoxy groups -OCH3 is 2. The SMILES string of the molecule is CO[C@@H]1C[C@H](CC2[C@H]3CCN4C(=O)C(=O)[C@]5(O)O[C@@H](CC[C@H]5C)C[C@@H](N5CCCS5(=O)=O)/C(C)=C/C=C/C=C/[C@@H](C)C[C@@H](C)C(=O)[C@H](OC)[C@H](O)/C(C)=C/[C@@H](C)CC[C@@H]2OC(=O)[C@@H]4C3)CC[C@H]1O. The van der Waals surface area contributed by atoms with Crippen LogP contribution >= 0.6 is 0 Å². The van der Waals surface area contributed by atoms with Crippen LogP contribution < -0.4 is 0 Å². The third-order valence-corrected chi connectivity index (χ3v) is 18.2. The highest BCUT2D eigenvalue weighted by atomic mass is 32.2. The number of esters is 1. The summed E-state index contributed by atoms with van der Waals surface area (Å²) in [6.07, 6.45) is 13.4. The Morgan fingerprint density at radius 2 is 1.56 bits per heavy atom. The zero-order valence-electron chi connectivity index (χ0n) is 41.7. The van der Waals surface area contributed by atoms with Gasteiger partial charge in [0.1, 0.15) is 24.4 Å². The largest absolute Gasteiger partial charge is 0.461 e. The summed E-state index contributed by atoms with van der Waals surface area (Å²) >= 11 is 0. The minimum atomic E-state index is -3.60. The van der Waals surface area contributed by atoms with Gasteiger partial charge in [0.05, 0.1) is 24.1 Å². The van der Waals surface area contributed by atoms with Crippen molar-refractivity contribution in [2.45, 2.75) is 180 Å². The molecule has 0 spiro atoms. The summed E-state index contributed by atoms with van der Waals surface area (Å²) in [7, 11) is -0.564. The minimum Gasteiger partial charge on any atom is -0.461 e. The van der Waals surface area contributed by atoms with Crippen molar-refractivity contribution < 1.29 is 61.9 Å². The van der Waals surface area contributed by atoms with E-state index in [0.717, 1.165) is 18.4 Å². The molecule has 6 aliphatic rings. The molecule has 16 heteroatoms. The second-order valence-corrected chi connectivity index (χ2v) is 23.3. The normalized spacial score (nSPS) is 43.5. The lowest BCUT2D eigenvalue weighted by atomic mass is 9.71. The molecule has 68 heavy (non-hydrogen) atoms. The first-order chi connectivity index (χ1) is 32.2. The Hall–Kier alpha value is -3.09. The third kappa shape index (κ3) is 12.5. The molecule has 5 fully saturated rings. The number of carbonyl (C=O) groups is 4. The molecule has 5 bridgehead atoms. The first kappa shape index (κ1) is 54.2. The van der Waals surface area contributed by atoms with Gasteiger partial charge in [-0.15, -0.1) is 0 Å². The molecule has 5 aliphatic heterocycles. The highest BCUT2D eigenvalue weighted by Gasteiger charge is 2.55. The van der Waals surface area contributed by atoms with Crippen LogP contribution in [0.4, 0.5) is 0 Å². The maximum absolute atomic E-state index is 14.5. The number of piperidine rings is 1. The molecule has 15 nitrogen and oxygen atoms in total. The second kappa shape index (κ2) is 23.4. The van der Waals surface area contributed by atoms with Gasteiger partial charge in [-0.3, -0.25) is 14.4 Å². The first-order valence-corrected chi connectivity index (χ1v) is 26.9. The quantitative estimate of drug-likeness (QED) is 0.174. The highest BCUT2D eigenvalue weighted by Crippen LogP contribution is 2.44. The van der Waals surface area contributed by atoms with Gasteiger partial charge < -0.3 is 39.2 Å². The number of sulfonamides is 1. The van der Waals surface area contributed by atoms with E-state index in [1.54, 1.807) is 21.0 Å². The molecule has 1 amide bonds. The summed E-state index contributed by atoms with van der Waals surface area (Å²) in [5, 5.41) is 34.3. The highest BCUT2D eigenvalue weighted by molar-refractivity contribution is 7.89. The molecule has 1 unspecified atom stereocenters. The van der Waals surface area contributed by atoms with Crippen LogP contribution in [-0.4, -0.2) is 144 Å². The van der Waals surface area contributed by atoms with E-state index in [1.165, 1.54) is 16.3 Å². The van der Waals surface area contributed by atoms with Crippen molar-refractivity contribution in [3.8, 4) is 0 Å². The number of allylic oxidation sites excluding steroid dienone is 6. The van der Waals surface area contributed by atoms with Crippen LogP contribution in [0.3, 0.4) is 0 Å². The molecule has 16 atom stereocenters. The molecule has 1 saturated carbocycles. The Bertz CT molecular complexity index is 2040. The summed E-state index contributed by atoms with van der Waals surface area (Å²) in [5.74, 6) is -6.64. The third-order valence-electron chi connectivity index (χ3n) is 16.2. The van der Waals surface area contributed by atoms with Crippen LogP contribution in [0.15, 0.2) is 47.6 Å². The van der Waals surface area contributed by atoms with Crippen molar-refractivity contribution in [3.63, 3.8) is 0 Å². The van der Waals surface area contributed by atoms with E-state index in [-0.39, 0.29) is 66.6 Å². The average Bonchev–Trinajstić information content (AvgIpc) is 3.62. The number of amides is 1. The Kier molecular flexibility index (Phi) is 18.7. The van der Waals surface area contributed by atoms with E-state index >= 15 is 0 Å². The van der Waals surface area contributed by atoms with Crippen LogP contribution in [0.25, 0.3) is 0 Å². The Labute approximate surface area is 404 Å². The lowest BCUT2D eigenvalue weighted by Gasteiger charge is -2.44.